The monoisotopic (exact) mass is 240 g/mol. The van der Waals surface area contributed by atoms with Crippen molar-refractivity contribution >= 4 is 5.78 Å². The summed E-state index contributed by atoms with van der Waals surface area (Å²) in [6, 6.07) is 9.59. The molecule has 0 unspecified atom stereocenters. The zero-order valence-electron chi connectivity index (χ0n) is 9.69. The van der Waals surface area contributed by atoms with Gasteiger partial charge in [-0.15, -0.1) is 5.10 Å². The van der Waals surface area contributed by atoms with Gasteiger partial charge in [-0.25, -0.2) is 9.50 Å². The second kappa shape index (κ2) is 4.54. The molecule has 0 amide bonds. The molecule has 0 spiro atoms. The summed E-state index contributed by atoms with van der Waals surface area (Å²) in [6.45, 7) is 0.0663. The van der Waals surface area contributed by atoms with E-state index >= 15 is 0 Å². The molecular formula is C13H12N4O. The van der Waals surface area contributed by atoms with E-state index in [1.807, 2.05) is 36.5 Å². The molecule has 1 aromatic carbocycles. The van der Waals surface area contributed by atoms with Crippen LogP contribution in [0, 0.1) is 0 Å². The van der Waals surface area contributed by atoms with Crippen molar-refractivity contribution in [3.63, 3.8) is 0 Å². The van der Waals surface area contributed by atoms with E-state index in [4.69, 9.17) is 5.11 Å². The average Bonchev–Trinajstić information content (AvgIpc) is 2.82. The Kier molecular flexibility index (Phi) is 2.74. The summed E-state index contributed by atoms with van der Waals surface area (Å²) in [6.07, 6.45) is 4.19. The first kappa shape index (κ1) is 10.9. The first-order chi connectivity index (χ1) is 8.85. The minimum Gasteiger partial charge on any atom is -0.392 e. The molecule has 0 atom stereocenters. The van der Waals surface area contributed by atoms with Crippen LogP contribution in [0.25, 0.3) is 5.78 Å². The molecule has 5 heteroatoms. The van der Waals surface area contributed by atoms with E-state index < -0.39 is 0 Å². The van der Waals surface area contributed by atoms with Crippen molar-refractivity contribution in [2.75, 3.05) is 0 Å². The van der Waals surface area contributed by atoms with Gasteiger partial charge in [-0.3, -0.25) is 0 Å². The summed E-state index contributed by atoms with van der Waals surface area (Å²) in [5, 5.41) is 13.3. The Morgan fingerprint density at radius 2 is 1.89 bits per heavy atom. The summed E-state index contributed by atoms with van der Waals surface area (Å²) in [5.41, 5.74) is 2.02. The van der Waals surface area contributed by atoms with Gasteiger partial charge in [0.1, 0.15) is 0 Å². The van der Waals surface area contributed by atoms with Gasteiger partial charge in [0.15, 0.2) is 5.82 Å². The summed E-state index contributed by atoms with van der Waals surface area (Å²) >= 11 is 0. The van der Waals surface area contributed by atoms with Gasteiger partial charge in [0.05, 0.1) is 6.61 Å². The molecule has 0 radical (unpaired) electrons. The van der Waals surface area contributed by atoms with Crippen LogP contribution in [0.5, 0.6) is 0 Å². The highest BCUT2D eigenvalue weighted by molar-refractivity contribution is 5.28. The van der Waals surface area contributed by atoms with E-state index in [-0.39, 0.29) is 6.61 Å². The maximum absolute atomic E-state index is 8.98. The van der Waals surface area contributed by atoms with Gasteiger partial charge in [0.25, 0.3) is 5.78 Å². The largest absolute Gasteiger partial charge is 0.392 e. The fraction of sp³-hybridized carbons (Fsp3) is 0.154. The lowest BCUT2D eigenvalue weighted by Gasteiger charge is -1.99. The lowest BCUT2D eigenvalue weighted by Crippen LogP contribution is -1.92. The average molecular weight is 240 g/mol. The third-order valence-electron chi connectivity index (χ3n) is 2.73. The third-order valence-corrected chi connectivity index (χ3v) is 2.73. The highest BCUT2D eigenvalue weighted by Crippen LogP contribution is 2.09. The molecular weight excluding hydrogens is 228 g/mol. The zero-order chi connectivity index (χ0) is 12.4. The highest BCUT2D eigenvalue weighted by Gasteiger charge is 2.04. The van der Waals surface area contributed by atoms with Gasteiger partial charge < -0.3 is 5.11 Å². The van der Waals surface area contributed by atoms with E-state index in [1.54, 1.807) is 10.7 Å². The lowest BCUT2D eigenvalue weighted by atomic mass is 10.1. The van der Waals surface area contributed by atoms with Crippen LogP contribution in [0.4, 0.5) is 0 Å². The van der Waals surface area contributed by atoms with Crippen molar-refractivity contribution in [2.24, 2.45) is 0 Å². The number of hydrogen-bond donors (Lipinski definition) is 1. The van der Waals surface area contributed by atoms with E-state index in [9.17, 15) is 0 Å². The molecule has 0 saturated carbocycles. The molecule has 0 aliphatic rings. The number of fused-ring (bicyclic) bond motifs is 1. The number of rotatable bonds is 3. The van der Waals surface area contributed by atoms with Gasteiger partial charge >= 0.3 is 0 Å². The highest BCUT2D eigenvalue weighted by atomic mass is 16.3. The van der Waals surface area contributed by atoms with Crippen LogP contribution in [-0.4, -0.2) is 24.7 Å². The minimum absolute atomic E-state index is 0.0663. The molecule has 90 valence electrons. The summed E-state index contributed by atoms with van der Waals surface area (Å²) < 4.78 is 1.66. The van der Waals surface area contributed by atoms with Crippen LogP contribution in [0.3, 0.4) is 0 Å². The fourth-order valence-corrected chi connectivity index (χ4v) is 1.80. The molecule has 0 aliphatic carbocycles. The van der Waals surface area contributed by atoms with Crippen molar-refractivity contribution in [1.29, 1.82) is 0 Å². The molecule has 2 heterocycles. The van der Waals surface area contributed by atoms with Crippen molar-refractivity contribution in [3.05, 3.63) is 59.7 Å². The van der Waals surface area contributed by atoms with Crippen molar-refractivity contribution in [1.82, 2.24) is 19.6 Å². The lowest BCUT2D eigenvalue weighted by molar-refractivity contribution is 0.282. The SMILES string of the molecule is OCc1ccc(Cc2nc3ncccn3n2)cc1. The zero-order valence-corrected chi connectivity index (χ0v) is 9.69. The van der Waals surface area contributed by atoms with Gasteiger partial charge in [0, 0.05) is 18.8 Å². The van der Waals surface area contributed by atoms with E-state index in [1.165, 1.54) is 0 Å². The summed E-state index contributed by atoms with van der Waals surface area (Å²) in [5.74, 6) is 1.35. The van der Waals surface area contributed by atoms with Crippen LogP contribution < -0.4 is 0 Å². The number of nitrogens with zero attached hydrogens (tertiary/aromatic N) is 4. The Hall–Kier alpha value is -2.27. The molecule has 1 N–H and O–H groups in total. The smallest absolute Gasteiger partial charge is 0.252 e. The van der Waals surface area contributed by atoms with Crippen molar-refractivity contribution in [2.45, 2.75) is 13.0 Å². The maximum atomic E-state index is 8.98. The Morgan fingerprint density at radius 1 is 1.11 bits per heavy atom. The molecule has 3 rings (SSSR count). The standard InChI is InChI=1S/C13H12N4O/c18-9-11-4-2-10(3-5-11)8-12-15-13-14-6-1-7-17(13)16-12/h1-7,18H,8-9H2. The number of aliphatic hydroxyl groups excluding tert-OH is 1. The van der Waals surface area contributed by atoms with E-state index in [0.29, 0.717) is 12.2 Å². The quantitative estimate of drug-likeness (QED) is 0.747. The van der Waals surface area contributed by atoms with Crippen LogP contribution in [0.1, 0.15) is 17.0 Å². The second-order valence-corrected chi connectivity index (χ2v) is 4.04. The predicted octanol–water partition coefficient (Wildman–Crippen LogP) is 1.21. The molecule has 0 fully saturated rings. The topological polar surface area (TPSA) is 63.3 Å². The number of aliphatic hydroxyl groups is 1. The van der Waals surface area contributed by atoms with E-state index in [0.717, 1.165) is 17.0 Å². The Balaban J connectivity index is 1.86. The normalized spacial score (nSPS) is 10.9. The predicted molar refractivity (Wildman–Crippen MR) is 66.0 cm³/mol. The van der Waals surface area contributed by atoms with Crippen LogP contribution in [-0.2, 0) is 13.0 Å². The minimum atomic E-state index is 0.0663. The van der Waals surface area contributed by atoms with Gasteiger partial charge in [-0.1, -0.05) is 24.3 Å². The van der Waals surface area contributed by atoms with Crippen LogP contribution in [0.15, 0.2) is 42.7 Å². The Labute approximate surface area is 104 Å². The van der Waals surface area contributed by atoms with Gasteiger partial charge in [-0.05, 0) is 17.2 Å². The second-order valence-electron chi connectivity index (χ2n) is 4.04. The first-order valence-electron chi connectivity index (χ1n) is 5.70. The molecule has 18 heavy (non-hydrogen) atoms. The van der Waals surface area contributed by atoms with Crippen molar-refractivity contribution < 1.29 is 5.11 Å². The molecule has 3 aromatic rings. The Bertz CT molecular complexity index is 627. The number of benzene rings is 1. The summed E-state index contributed by atoms with van der Waals surface area (Å²) in [4.78, 5) is 8.47. The maximum Gasteiger partial charge on any atom is 0.252 e. The van der Waals surface area contributed by atoms with Gasteiger partial charge in [-0.2, -0.15) is 4.98 Å². The van der Waals surface area contributed by atoms with Crippen LogP contribution in [0.2, 0.25) is 0 Å². The molecule has 0 bridgehead atoms. The van der Waals surface area contributed by atoms with Gasteiger partial charge in [0.2, 0.25) is 0 Å². The fourth-order valence-electron chi connectivity index (χ4n) is 1.80. The number of hydrogen-bond acceptors (Lipinski definition) is 4. The number of aromatic nitrogens is 4. The Morgan fingerprint density at radius 3 is 2.61 bits per heavy atom. The van der Waals surface area contributed by atoms with Crippen LogP contribution >= 0.6 is 0 Å². The first-order valence-corrected chi connectivity index (χ1v) is 5.70. The van der Waals surface area contributed by atoms with E-state index in [2.05, 4.69) is 15.1 Å². The molecule has 2 aromatic heterocycles. The van der Waals surface area contributed by atoms with Crippen molar-refractivity contribution in [3.8, 4) is 0 Å². The third kappa shape index (κ3) is 2.08. The molecule has 0 saturated heterocycles. The molecule has 0 aliphatic heterocycles. The molecule has 5 nitrogen and oxygen atoms in total. The summed E-state index contributed by atoms with van der Waals surface area (Å²) in [7, 11) is 0.